The third-order valence-electron chi connectivity index (χ3n) is 3.23. The van der Waals surface area contributed by atoms with Gasteiger partial charge in [0.2, 0.25) is 0 Å². The molecule has 4 nitrogen and oxygen atoms in total. The van der Waals surface area contributed by atoms with Gasteiger partial charge in [0.05, 0.1) is 4.90 Å². The van der Waals surface area contributed by atoms with E-state index in [1.54, 1.807) is 37.3 Å². The Hall–Kier alpha value is -0.910. The monoisotopic (exact) mass is 255 g/mol. The SMILES string of the molecule is CC(C)(C)[C@]1(C)ON1S(=O)(=O)c1ccccc1. The van der Waals surface area contributed by atoms with E-state index in [2.05, 4.69) is 0 Å². The van der Waals surface area contributed by atoms with Gasteiger partial charge in [0.15, 0.2) is 5.72 Å². The Morgan fingerprint density at radius 2 is 1.71 bits per heavy atom. The molecule has 0 aliphatic carbocycles. The van der Waals surface area contributed by atoms with Crippen LogP contribution >= 0.6 is 0 Å². The first-order chi connectivity index (χ1) is 7.69. The maximum atomic E-state index is 12.3. The fourth-order valence-corrected chi connectivity index (χ4v) is 3.19. The van der Waals surface area contributed by atoms with Crippen molar-refractivity contribution in [3.63, 3.8) is 0 Å². The van der Waals surface area contributed by atoms with E-state index in [-0.39, 0.29) is 10.3 Å². The van der Waals surface area contributed by atoms with E-state index in [1.165, 1.54) is 0 Å². The molecule has 1 unspecified atom stereocenters. The number of hydrogen-bond donors (Lipinski definition) is 0. The highest BCUT2D eigenvalue weighted by molar-refractivity contribution is 7.89. The van der Waals surface area contributed by atoms with Crippen molar-refractivity contribution in [2.75, 3.05) is 0 Å². The fourth-order valence-electron chi connectivity index (χ4n) is 1.52. The molecule has 0 spiro atoms. The number of sulfonamides is 1. The van der Waals surface area contributed by atoms with Crippen LogP contribution in [0.2, 0.25) is 0 Å². The third kappa shape index (κ3) is 1.88. The van der Waals surface area contributed by atoms with Crippen molar-refractivity contribution in [2.45, 2.75) is 38.3 Å². The van der Waals surface area contributed by atoms with Crippen LogP contribution in [0.3, 0.4) is 0 Å². The second-order valence-corrected chi connectivity index (χ2v) is 7.12. The van der Waals surface area contributed by atoms with Gasteiger partial charge in [-0.15, -0.1) is 0 Å². The Kier molecular flexibility index (Phi) is 2.61. The number of nitrogens with zero attached hydrogens (tertiary/aromatic N) is 1. The molecule has 1 aliphatic rings. The van der Waals surface area contributed by atoms with Crippen LogP contribution in [-0.2, 0) is 14.9 Å². The first-order valence-corrected chi connectivity index (χ1v) is 6.93. The van der Waals surface area contributed by atoms with Gasteiger partial charge in [-0.25, -0.2) is 8.42 Å². The fraction of sp³-hybridized carbons (Fsp3) is 0.500. The Labute approximate surface area is 102 Å². The summed E-state index contributed by atoms with van der Waals surface area (Å²) in [6.07, 6.45) is 0. The quantitative estimate of drug-likeness (QED) is 0.762. The minimum Gasteiger partial charge on any atom is -0.255 e. The van der Waals surface area contributed by atoms with Gasteiger partial charge in [-0.2, -0.15) is 0 Å². The van der Waals surface area contributed by atoms with Crippen LogP contribution in [0, 0.1) is 5.41 Å². The minimum absolute atomic E-state index is 0.257. The molecule has 0 N–H and O–H groups in total. The van der Waals surface area contributed by atoms with Crippen LogP contribution in [0.4, 0.5) is 0 Å². The predicted molar refractivity (Wildman–Crippen MR) is 64.4 cm³/mol. The lowest BCUT2D eigenvalue weighted by Crippen LogP contribution is -2.33. The minimum atomic E-state index is -3.55. The van der Waals surface area contributed by atoms with Crippen molar-refractivity contribution in [1.82, 2.24) is 4.47 Å². The maximum Gasteiger partial charge on any atom is 0.267 e. The average Bonchev–Trinajstić information content (AvgIpc) is 2.94. The number of rotatable bonds is 2. The highest BCUT2D eigenvalue weighted by Crippen LogP contribution is 2.51. The van der Waals surface area contributed by atoms with Crippen LogP contribution < -0.4 is 0 Å². The van der Waals surface area contributed by atoms with E-state index < -0.39 is 15.7 Å². The van der Waals surface area contributed by atoms with E-state index in [1.807, 2.05) is 20.8 Å². The van der Waals surface area contributed by atoms with Crippen molar-refractivity contribution in [3.8, 4) is 0 Å². The van der Waals surface area contributed by atoms with Gasteiger partial charge < -0.3 is 0 Å². The highest BCUT2D eigenvalue weighted by Gasteiger charge is 2.65. The van der Waals surface area contributed by atoms with Crippen LogP contribution in [0.5, 0.6) is 0 Å². The largest absolute Gasteiger partial charge is 0.267 e. The molecule has 5 heteroatoms. The van der Waals surface area contributed by atoms with Crippen LogP contribution in [0.25, 0.3) is 0 Å². The molecular weight excluding hydrogens is 238 g/mol. The molecule has 17 heavy (non-hydrogen) atoms. The molecule has 0 radical (unpaired) electrons. The Bertz CT molecular complexity index is 518. The normalized spacial score (nSPS) is 29.1. The summed E-state index contributed by atoms with van der Waals surface area (Å²) >= 11 is 0. The number of benzene rings is 1. The summed E-state index contributed by atoms with van der Waals surface area (Å²) in [7, 11) is -3.55. The van der Waals surface area contributed by atoms with Gasteiger partial charge in [-0.05, 0) is 23.5 Å². The summed E-state index contributed by atoms with van der Waals surface area (Å²) in [6, 6.07) is 8.32. The van der Waals surface area contributed by atoms with Gasteiger partial charge in [-0.3, -0.25) is 4.84 Å². The molecule has 2 atom stereocenters. The van der Waals surface area contributed by atoms with E-state index >= 15 is 0 Å². The summed E-state index contributed by atoms with van der Waals surface area (Å²) < 4.78 is 25.6. The van der Waals surface area contributed by atoms with E-state index in [9.17, 15) is 8.42 Å². The Balaban J connectivity index is 2.34. The van der Waals surface area contributed by atoms with Crippen molar-refractivity contribution in [3.05, 3.63) is 30.3 Å². The molecule has 0 amide bonds. The second-order valence-electron chi connectivity index (χ2n) is 5.37. The summed E-state index contributed by atoms with van der Waals surface area (Å²) in [5.74, 6) is 0. The summed E-state index contributed by atoms with van der Waals surface area (Å²) in [6.45, 7) is 7.64. The van der Waals surface area contributed by atoms with E-state index in [0.717, 1.165) is 4.47 Å². The van der Waals surface area contributed by atoms with Gasteiger partial charge >= 0.3 is 0 Å². The van der Waals surface area contributed by atoms with Crippen molar-refractivity contribution in [1.29, 1.82) is 0 Å². The first kappa shape index (κ1) is 12.5. The first-order valence-electron chi connectivity index (χ1n) is 5.49. The highest BCUT2D eigenvalue weighted by atomic mass is 32.2. The van der Waals surface area contributed by atoms with Gasteiger partial charge in [0, 0.05) is 5.41 Å². The summed E-state index contributed by atoms with van der Waals surface area (Å²) in [5.41, 5.74) is -1.03. The topological polar surface area (TPSA) is 49.7 Å². The van der Waals surface area contributed by atoms with Crippen LogP contribution in [0.15, 0.2) is 35.2 Å². The van der Waals surface area contributed by atoms with Crippen molar-refractivity contribution < 1.29 is 13.3 Å². The number of hydrogen-bond acceptors (Lipinski definition) is 3. The molecule has 0 saturated carbocycles. The second kappa shape index (κ2) is 3.54. The Morgan fingerprint density at radius 3 is 2.12 bits per heavy atom. The van der Waals surface area contributed by atoms with E-state index in [4.69, 9.17) is 4.84 Å². The molecule has 1 saturated heterocycles. The van der Waals surface area contributed by atoms with Gasteiger partial charge in [-0.1, -0.05) is 39.0 Å². The predicted octanol–water partition coefficient (Wildman–Crippen LogP) is 2.38. The molecule has 2 rings (SSSR count). The van der Waals surface area contributed by atoms with Crippen LogP contribution in [-0.4, -0.2) is 18.6 Å². The lowest BCUT2D eigenvalue weighted by Gasteiger charge is -2.22. The van der Waals surface area contributed by atoms with E-state index in [0.29, 0.717) is 0 Å². The zero-order valence-corrected chi connectivity index (χ0v) is 11.3. The molecular formula is C12H17NO3S. The lowest BCUT2D eigenvalue weighted by molar-refractivity contribution is 0.169. The van der Waals surface area contributed by atoms with Crippen molar-refractivity contribution in [2.24, 2.45) is 5.41 Å². The molecule has 94 valence electrons. The third-order valence-corrected chi connectivity index (χ3v) is 4.96. The standard InChI is InChI=1S/C12H17NO3S/c1-11(2,3)12(4)13(16-12)17(14,15)10-8-6-5-7-9-10/h5-9H,1-4H3/t12-,13?/m0/s1. The van der Waals surface area contributed by atoms with Gasteiger partial charge in [0.25, 0.3) is 10.0 Å². The van der Waals surface area contributed by atoms with Crippen molar-refractivity contribution >= 4 is 10.0 Å². The molecule has 1 aromatic carbocycles. The molecule has 1 aliphatic heterocycles. The lowest BCUT2D eigenvalue weighted by atomic mass is 9.87. The molecule has 1 heterocycles. The summed E-state index contributed by atoms with van der Waals surface area (Å²) in [5, 5.41) is 0. The zero-order chi connectivity index (χ0) is 12.9. The molecule has 1 aromatic rings. The smallest absolute Gasteiger partial charge is 0.255 e. The zero-order valence-electron chi connectivity index (χ0n) is 10.5. The average molecular weight is 255 g/mol. The molecule has 0 aromatic heterocycles. The van der Waals surface area contributed by atoms with Gasteiger partial charge in [0.1, 0.15) is 0 Å². The number of hydroxylamine groups is 1. The van der Waals surface area contributed by atoms with Crippen LogP contribution in [0.1, 0.15) is 27.7 Å². The maximum absolute atomic E-state index is 12.3. The molecule has 1 fully saturated rings. The molecule has 0 bridgehead atoms. The Morgan fingerprint density at radius 1 is 1.18 bits per heavy atom. The summed E-state index contributed by atoms with van der Waals surface area (Å²) in [4.78, 5) is 5.59.